The molecule has 0 spiro atoms. The molecule has 16 heavy (non-hydrogen) atoms. The van der Waals surface area contributed by atoms with Crippen molar-refractivity contribution in [1.82, 2.24) is 19.7 Å². The normalized spacial score (nSPS) is 15.1. The molecule has 2 rings (SSSR count). The second kappa shape index (κ2) is 5.07. The van der Waals surface area contributed by atoms with Crippen LogP contribution in [-0.4, -0.2) is 49.9 Å². The molecule has 1 N–H and O–H groups in total. The maximum absolute atomic E-state index is 11.9. The number of aliphatic hydroxyl groups is 1. The molecule has 0 bridgehead atoms. The first kappa shape index (κ1) is 11.1. The monoisotopic (exact) mass is 224 g/mol. The van der Waals surface area contributed by atoms with Gasteiger partial charge in [0.15, 0.2) is 0 Å². The fourth-order valence-electron chi connectivity index (χ4n) is 1.71. The number of amides is 1. The average Bonchev–Trinajstić information content (AvgIpc) is 2.99. The second-order valence-corrected chi connectivity index (χ2v) is 3.95. The minimum absolute atomic E-state index is 0.0333. The lowest BCUT2D eigenvalue weighted by Crippen LogP contribution is -2.35. The number of rotatable bonds is 6. The first-order valence-corrected chi connectivity index (χ1v) is 5.54. The van der Waals surface area contributed by atoms with E-state index in [-0.39, 0.29) is 12.5 Å². The van der Waals surface area contributed by atoms with Crippen LogP contribution in [0.2, 0.25) is 0 Å². The van der Waals surface area contributed by atoms with Crippen LogP contribution in [0.15, 0.2) is 12.7 Å². The summed E-state index contributed by atoms with van der Waals surface area (Å²) in [5, 5.41) is 12.8. The highest BCUT2D eigenvalue weighted by molar-refractivity contribution is 5.76. The van der Waals surface area contributed by atoms with Gasteiger partial charge in [-0.3, -0.25) is 9.48 Å². The number of aromatic nitrogens is 3. The summed E-state index contributed by atoms with van der Waals surface area (Å²) >= 11 is 0. The highest BCUT2D eigenvalue weighted by Crippen LogP contribution is 2.27. The van der Waals surface area contributed by atoms with E-state index < -0.39 is 0 Å². The van der Waals surface area contributed by atoms with Crippen molar-refractivity contribution in [1.29, 1.82) is 0 Å². The Morgan fingerprint density at radius 3 is 2.94 bits per heavy atom. The topological polar surface area (TPSA) is 71.2 Å². The Morgan fingerprint density at radius 1 is 1.56 bits per heavy atom. The summed E-state index contributed by atoms with van der Waals surface area (Å²) in [4.78, 5) is 17.5. The van der Waals surface area contributed by atoms with Gasteiger partial charge in [0.05, 0.1) is 13.2 Å². The van der Waals surface area contributed by atoms with Crippen molar-refractivity contribution in [2.75, 3.05) is 13.2 Å². The lowest BCUT2D eigenvalue weighted by Gasteiger charge is -2.21. The summed E-state index contributed by atoms with van der Waals surface area (Å²) in [5.41, 5.74) is 0. The molecule has 88 valence electrons. The van der Waals surface area contributed by atoms with Gasteiger partial charge in [-0.05, 0) is 12.8 Å². The van der Waals surface area contributed by atoms with E-state index >= 15 is 0 Å². The van der Waals surface area contributed by atoms with Crippen LogP contribution in [0.25, 0.3) is 0 Å². The summed E-state index contributed by atoms with van der Waals surface area (Å²) in [6.45, 7) is 1.03. The fraction of sp³-hybridized carbons (Fsp3) is 0.700. The van der Waals surface area contributed by atoms with Crippen molar-refractivity contribution in [3.63, 3.8) is 0 Å². The standard InChI is InChI=1S/C10H16N4O2/c15-6-5-14(9-1-2-9)10(16)3-4-13-8-11-7-12-13/h7-9,15H,1-6H2. The molecule has 0 atom stereocenters. The Bertz CT molecular complexity index is 335. The van der Waals surface area contributed by atoms with Crippen LogP contribution in [0.3, 0.4) is 0 Å². The van der Waals surface area contributed by atoms with Gasteiger partial charge >= 0.3 is 0 Å². The van der Waals surface area contributed by atoms with Crippen LogP contribution < -0.4 is 0 Å². The molecule has 0 aromatic carbocycles. The van der Waals surface area contributed by atoms with Crippen LogP contribution in [-0.2, 0) is 11.3 Å². The summed E-state index contributed by atoms with van der Waals surface area (Å²) in [6, 6.07) is 0.357. The number of hydrogen-bond acceptors (Lipinski definition) is 4. The molecule has 0 unspecified atom stereocenters. The van der Waals surface area contributed by atoms with Crippen LogP contribution >= 0.6 is 0 Å². The zero-order valence-corrected chi connectivity index (χ0v) is 9.12. The molecule has 0 radical (unpaired) electrons. The minimum Gasteiger partial charge on any atom is -0.395 e. The van der Waals surface area contributed by atoms with Gasteiger partial charge in [0.2, 0.25) is 5.91 Å². The number of hydrogen-bond donors (Lipinski definition) is 1. The minimum atomic E-state index is 0.0333. The predicted octanol–water partition coefficient (Wildman–Crippen LogP) is -0.349. The van der Waals surface area contributed by atoms with Gasteiger partial charge in [-0.25, -0.2) is 4.98 Å². The Kier molecular flexibility index (Phi) is 3.51. The lowest BCUT2D eigenvalue weighted by molar-refractivity contribution is -0.132. The quantitative estimate of drug-likeness (QED) is 0.717. The van der Waals surface area contributed by atoms with Gasteiger partial charge < -0.3 is 10.0 Å². The van der Waals surface area contributed by atoms with Crippen molar-refractivity contribution < 1.29 is 9.90 Å². The number of aliphatic hydroxyl groups excluding tert-OH is 1. The highest BCUT2D eigenvalue weighted by Gasteiger charge is 2.31. The molecule has 1 aliphatic carbocycles. The van der Waals surface area contributed by atoms with Gasteiger partial charge in [0, 0.05) is 19.0 Å². The van der Waals surface area contributed by atoms with Crippen molar-refractivity contribution in [3.05, 3.63) is 12.7 Å². The Labute approximate surface area is 93.9 Å². The van der Waals surface area contributed by atoms with E-state index in [4.69, 9.17) is 5.11 Å². The first-order valence-electron chi connectivity index (χ1n) is 5.54. The van der Waals surface area contributed by atoms with Crippen LogP contribution in [0.4, 0.5) is 0 Å². The molecular weight excluding hydrogens is 208 g/mol. The van der Waals surface area contributed by atoms with Crippen molar-refractivity contribution in [2.45, 2.75) is 31.8 Å². The van der Waals surface area contributed by atoms with Crippen LogP contribution in [0.1, 0.15) is 19.3 Å². The number of aryl methyl sites for hydroxylation is 1. The van der Waals surface area contributed by atoms with Crippen LogP contribution in [0, 0.1) is 0 Å². The molecule has 6 heteroatoms. The second-order valence-electron chi connectivity index (χ2n) is 3.95. The largest absolute Gasteiger partial charge is 0.395 e. The smallest absolute Gasteiger partial charge is 0.224 e. The molecule has 1 saturated carbocycles. The summed E-state index contributed by atoms with van der Waals surface area (Å²) in [6.07, 6.45) is 5.60. The van der Waals surface area contributed by atoms with Crippen molar-refractivity contribution in [3.8, 4) is 0 Å². The maximum Gasteiger partial charge on any atom is 0.224 e. The molecule has 1 heterocycles. The third-order valence-electron chi connectivity index (χ3n) is 2.67. The van der Waals surface area contributed by atoms with E-state index in [1.807, 2.05) is 0 Å². The number of carbonyl (C=O) groups is 1. The molecule has 1 aromatic heterocycles. The Hall–Kier alpha value is -1.43. The molecule has 6 nitrogen and oxygen atoms in total. The van der Waals surface area contributed by atoms with E-state index in [1.54, 1.807) is 15.9 Å². The Balaban J connectivity index is 1.81. The van der Waals surface area contributed by atoms with E-state index in [2.05, 4.69) is 10.1 Å². The fourth-order valence-corrected chi connectivity index (χ4v) is 1.71. The van der Waals surface area contributed by atoms with Gasteiger partial charge in [-0.1, -0.05) is 0 Å². The van der Waals surface area contributed by atoms with Crippen LogP contribution in [0.5, 0.6) is 0 Å². The first-order chi connectivity index (χ1) is 7.81. The zero-order chi connectivity index (χ0) is 11.4. The number of carbonyl (C=O) groups excluding carboxylic acids is 1. The van der Waals surface area contributed by atoms with Gasteiger partial charge in [-0.2, -0.15) is 5.10 Å². The molecule has 0 aliphatic heterocycles. The molecule has 1 aliphatic rings. The molecule has 1 amide bonds. The SMILES string of the molecule is O=C(CCn1cncn1)N(CCO)C1CC1. The number of nitrogens with zero attached hydrogens (tertiary/aromatic N) is 4. The summed E-state index contributed by atoms with van der Waals surface area (Å²) < 4.78 is 1.64. The third-order valence-corrected chi connectivity index (χ3v) is 2.67. The van der Waals surface area contributed by atoms with Crippen molar-refractivity contribution >= 4 is 5.91 Å². The summed E-state index contributed by atoms with van der Waals surface area (Å²) in [7, 11) is 0. The third kappa shape index (κ3) is 2.79. The van der Waals surface area contributed by atoms with E-state index in [0.29, 0.717) is 25.6 Å². The van der Waals surface area contributed by atoms with E-state index in [9.17, 15) is 4.79 Å². The maximum atomic E-state index is 11.9. The Morgan fingerprint density at radius 2 is 2.38 bits per heavy atom. The molecule has 0 saturated heterocycles. The molecule has 1 fully saturated rings. The predicted molar refractivity (Wildman–Crippen MR) is 56.5 cm³/mol. The molecule has 1 aromatic rings. The van der Waals surface area contributed by atoms with E-state index in [1.165, 1.54) is 6.33 Å². The van der Waals surface area contributed by atoms with Gasteiger partial charge in [-0.15, -0.1) is 0 Å². The van der Waals surface area contributed by atoms with Gasteiger partial charge in [0.1, 0.15) is 12.7 Å². The molecular formula is C10H16N4O2. The van der Waals surface area contributed by atoms with E-state index in [0.717, 1.165) is 12.8 Å². The zero-order valence-electron chi connectivity index (χ0n) is 9.12. The van der Waals surface area contributed by atoms with Gasteiger partial charge in [0.25, 0.3) is 0 Å². The lowest BCUT2D eigenvalue weighted by atomic mass is 10.3. The average molecular weight is 224 g/mol. The van der Waals surface area contributed by atoms with Crippen molar-refractivity contribution in [2.24, 2.45) is 0 Å². The highest BCUT2D eigenvalue weighted by atomic mass is 16.3. The summed E-state index contributed by atoms with van der Waals surface area (Å²) in [5.74, 6) is 0.0899.